The normalized spacial score (nSPS) is 10.6. The molecule has 0 amide bonds. The molecular weight excluding hydrogens is 258 g/mol. The van der Waals surface area contributed by atoms with E-state index in [2.05, 4.69) is 10.2 Å². The predicted octanol–water partition coefficient (Wildman–Crippen LogP) is 3.98. The van der Waals surface area contributed by atoms with Crippen molar-refractivity contribution in [2.75, 3.05) is 5.73 Å². The van der Waals surface area contributed by atoms with E-state index in [1.54, 1.807) is 0 Å². The number of nitrogen functional groups attached to an aromatic ring is 1. The Morgan fingerprint density at radius 2 is 1.74 bits per heavy atom. The molecule has 1 aromatic heterocycles. The third kappa shape index (κ3) is 2.33. The predicted molar refractivity (Wildman–Crippen MR) is 78.9 cm³/mol. The van der Waals surface area contributed by atoms with Crippen molar-refractivity contribution in [3.8, 4) is 22.5 Å². The second-order valence-corrected chi connectivity index (χ2v) is 4.70. The number of benzene rings is 2. The molecule has 0 saturated heterocycles. The van der Waals surface area contributed by atoms with Crippen molar-refractivity contribution in [1.82, 2.24) is 10.2 Å². The van der Waals surface area contributed by atoms with E-state index in [1.807, 2.05) is 54.6 Å². The maximum Gasteiger partial charge on any atom is 0.0927 e. The van der Waals surface area contributed by atoms with Gasteiger partial charge in [0.15, 0.2) is 0 Å². The summed E-state index contributed by atoms with van der Waals surface area (Å²) >= 11 is 5.88. The number of para-hydroxylation sites is 1. The number of rotatable bonds is 2. The molecule has 3 nitrogen and oxygen atoms in total. The average molecular weight is 270 g/mol. The van der Waals surface area contributed by atoms with E-state index >= 15 is 0 Å². The smallest absolute Gasteiger partial charge is 0.0927 e. The monoisotopic (exact) mass is 269 g/mol. The fourth-order valence-electron chi connectivity index (χ4n) is 1.97. The zero-order valence-electron chi connectivity index (χ0n) is 10.1. The zero-order chi connectivity index (χ0) is 13.2. The van der Waals surface area contributed by atoms with Crippen LogP contribution in [0.1, 0.15) is 0 Å². The van der Waals surface area contributed by atoms with Crippen LogP contribution in [0.5, 0.6) is 0 Å². The Hall–Kier alpha value is -2.26. The van der Waals surface area contributed by atoms with Crippen molar-refractivity contribution in [3.63, 3.8) is 0 Å². The Bertz CT molecular complexity index is 701. The molecule has 0 atom stereocenters. The number of hydrogen-bond acceptors (Lipinski definition) is 2. The van der Waals surface area contributed by atoms with Crippen LogP contribution < -0.4 is 5.73 Å². The standard InChI is InChI=1S/C15H12ClN3/c16-11-7-5-10(6-8-11)14-9-15(19-18-14)12-3-1-2-4-13(12)17/h1-9H,17H2,(H,18,19). The molecule has 0 spiro atoms. The van der Waals surface area contributed by atoms with Gasteiger partial charge in [-0.1, -0.05) is 41.9 Å². The Morgan fingerprint density at radius 3 is 2.47 bits per heavy atom. The molecule has 0 fully saturated rings. The van der Waals surface area contributed by atoms with E-state index in [0.717, 1.165) is 28.2 Å². The summed E-state index contributed by atoms with van der Waals surface area (Å²) in [6.45, 7) is 0. The van der Waals surface area contributed by atoms with E-state index in [4.69, 9.17) is 17.3 Å². The Morgan fingerprint density at radius 1 is 1.00 bits per heavy atom. The molecule has 1 heterocycles. The lowest BCUT2D eigenvalue weighted by molar-refractivity contribution is 1.10. The highest BCUT2D eigenvalue weighted by atomic mass is 35.5. The number of anilines is 1. The molecule has 2 aromatic carbocycles. The number of aromatic amines is 1. The van der Waals surface area contributed by atoms with Gasteiger partial charge in [0.1, 0.15) is 0 Å². The van der Waals surface area contributed by atoms with Gasteiger partial charge in [0.25, 0.3) is 0 Å². The van der Waals surface area contributed by atoms with Crippen LogP contribution in [0.25, 0.3) is 22.5 Å². The van der Waals surface area contributed by atoms with Crippen LogP contribution in [0, 0.1) is 0 Å². The van der Waals surface area contributed by atoms with Gasteiger partial charge in [0, 0.05) is 21.8 Å². The molecule has 0 bridgehead atoms. The maximum absolute atomic E-state index is 5.96. The Labute approximate surface area is 116 Å². The summed E-state index contributed by atoms with van der Waals surface area (Å²) in [5.41, 5.74) is 10.4. The zero-order valence-corrected chi connectivity index (χ0v) is 10.9. The minimum absolute atomic E-state index is 0.715. The molecule has 0 radical (unpaired) electrons. The van der Waals surface area contributed by atoms with Gasteiger partial charge in [-0.15, -0.1) is 0 Å². The van der Waals surface area contributed by atoms with Crippen LogP contribution in [-0.2, 0) is 0 Å². The van der Waals surface area contributed by atoms with Gasteiger partial charge in [-0.3, -0.25) is 5.10 Å². The van der Waals surface area contributed by atoms with Crippen molar-refractivity contribution in [2.45, 2.75) is 0 Å². The quantitative estimate of drug-likeness (QED) is 0.692. The highest BCUT2D eigenvalue weighted by Crippen LogP contribution is 2.27. The summed E-state index contributed by atoms with van der Waals surface area (Å²) in [5.74, 6) is 0. The van der Waals surface area contributed by atoms with Gasteiger partial charge in [-0.25, -0.2) is 0 Å². The van der Waals surface area contributed by atoms with Crippen molar-refractivity contribution in [1.29, 1.82) is 0 Å². The SMILES string of the molecule is Nc1ccccc1-c1cc(-c2ccc(Cl)cc2)n[nH]1. The Kier molecular flexibility index (Phi) is 2.97. The topological polar surface area (TPSA) is 54.7 Å². The first-order valence-electron chi connectivity index (χ1n) is 5.90. The minimum atomic E-state index is 0.715. The number of nitrogens with one attached hydrogen (secondary N) is 1. The molecule has 3 rings (SSSR count). The van der Waals surface area contributed by atoms with Crippen molar-refractivity contribution in [2.24, 2.45) is 0 Å². The first kappa shape index (κ1) is 11.8. The van der Waals surface area contributed by atoms with Crippen LogP contribution in [-0.4, -0.2) is 10.2 Å². The van der Waals surface area contributed by atoms with Crippen LogP contribution >= 0.6 is 11.6 Å². The lowest BCUT2D eigenvalue weighted by Crippen LogP contribution is -1.88. The summed E-state index contributed by atoms with van der Waals surface area (Å²) in [6, 6.07) is 17.3. The molecule has 94 valence electrons. The summed E-state index contributed by atoms with van der Waals surface area (Å²) in [6.07, 6.45) is 0. The van der Waals surface area contributed by atoms with Gasteiger partial charge >= 0.3 is 0 Å². The van der Waals surface area contributed by atoms with Crippen LogP contribution in [0.4, 0.5) is 5.69 Å². The van der Waals surface area contributed by atoms with E-state index in [-0.39, 0.29) is 0 Å². The molecule has 0 saturated carbocycles. The van der Waals surface area contributed by atoms with Crippen LogP contribution in [0.2, 0.25) is 5.02 Å². The van der Waals surface area contributed by atoms with Gasteiger partial charge in [-0.2, -0.15) is 5.10 Å². The third-order valence-corrected chi connectivity index (χ3v) is 3.22. The summed E-state index contributed by atoms with van der Waals surface area (Å²) in [5, 5.41) is 8.04. The number of H-pyrrole nitrogens is 1. The number of hydrogen-bond donors (Lipinski definition) is 2. The molecule has 0 aliphatic rings. The summed E-state index contributed by atoms with van der Waals surface area (Å²) in [4.78, 5) is 0. The molecule has 0 aliphatic heterocycles. The minimum Gasteiger partial charge on any atom is -0.398 e. The van der Waals surface area contributed by atoms with Gasteiger partial charge < -0.3 is 5.73 Å². The van der Waals surface area contributed by atoms with E-state index < -0.39 is 0 Å². The molecule has 4 heteroatoms. The van der Waals surface area contributed by atoms with Crippen molar-refractivity contribution >= 4 is 17.3 Å². The van der Waals surface area contributed by atoms with Crippen LogP contribution in [0.15, 0.2) is 54.6 Å². The number of aromatic nitrogens is 2. The number of nitrogens with zero attached hydrogens (tertiary/aromatic N) is 1. The van der Waals surface area contributed by atoms with Gasteiger partial charge in [-0.05, 0) is 24.3 Å². The third-order valence-electron chi connectivity index (χ3n) is 2.97. The molecule has 3 N–H and O–H groups in total. The second kappa shape index (κ2) is 4.78. The summed E-state index contributed by atoms with van der Waals surface area (Å²) in [7, 11) is 0. The maximum atomic E-state index is 5.96. The Balaban J connectivity index is 2.00. The number of nitrogens with two attached hydrogens (primary N) is 1. The first-order chi connectivity index (χ1) is 9.24. The van der Waals surface area contributed by atoms with E-state index in [9.17, 15) is 0 Å². The van der Waals surface area contributed by atoms with E-state index in [1.165, 1.54) is 0 Å². The average Bonchev–Trinajstić information content (AvgIpc) is 2.89. The van der Waals surface area contributed by atoms with Gasteiger partial charge in [0.2, 0.25) is 0 Å². The largest absolute Gasteiger partial charge is 0.398 e. The van der Waals surface area contributed by atoms with E-state index in [0.29, 0.717) is 5.02 Å². The first-order valence-corrected chi connectivity index (χ1v) is 6.28. The molecular formula is C15H12ClN3. The fourth-order valence-corrected chi connectivity index (χ4v) is 2.10. The lowest BCUT2D eigenvalue weighted by atomic mass is 10.1. The molecule has 3 aromatic rings. The highest BCUT2D eigenvalue weighted by Gasteiger charge is 2.07. The van der Waals surface area contributed by atoms with Crippen molar-refractivity contribution in [3.05, 3.63) is 59.6 Å². The van der Waals surface area contributed by atoms with Crippen molar-refractivity contribution < 1.29 is 0 Å². The molecule has 0 aliphatic carbocycles. The fraction of sp³-hybridized carbons (Fsp3) is 0. The van der Waals surface area contributed by atoms with Gasteiger partial charge in [0.05, 0.1) is 11.4 Å². The number of halogens is 1. The lowest BCUT2D eigenvalue weighted by Gasteiger charge is -2.00. The highest BCUT2D eigenvalue weighted by molar-refractivity contribution is 6.30. The summed E-state index contributed by atoms with van der Waals surface area (Å²) < 4.78 is 0. The van der Waals surface area contributed by atoms with Crippen LogP contribution in [0.3, 0.4) is 0 Å². The molecule has 0 unspecified atom stereocenters. The second-order valence-electron chi connectivity index (χ2n) is 4.26. The molecule has 19 heavy (non-hydrogen) atoms.